The summed E-state index contributed by atoms with van der Waals surface area (Å²) in [5, 5.41) is 11.5. The second-order valence-electron chi connectivity index (χ2n) is 5.90. The van der Waals surface area contributed by atoms with Crippen molar-refractivity contribution in [3.8, 4) is 11.3 Å². The van der Waals surface area contributed by atoms with Gasteiger partial charge in [0.05, 0.1) is 5.69 Å². The lowest BCUT2D eigenvalue weighted by molar-refractivity contribution is 0.100. The number of nitrogens with zero attached hydrogens (tertiary/aromatic N) is 2. The van der Waals surface area contributed by atoms with Crippen molar-refractivity contribution in [1.82, 2.24) is 10.2 Å². The van der Waals surface area contributed by atoms with Crippen LogP contribution in [0.5, 0.6) is 0 Å². The van der Waals surface area contributed by atoms with E-state index < -0.39 is 11.7 Å². The summed E-state index contributed by atoms with van der Waals surface area (Å²) in [5.41, 5.74) is 6.11. The number of hydrogen-bond donors (Lipinski definition) is 2. The zero-order valence-electron chi connectivity index (χ0n) is 12.3. The molecule has 1 amide bonds. The Labute approximate surface area is 127 Å². The first-order valence-corrected chi connectivity index (χ1v) is 7.18. The molecule has 0 spiro atoms. The normalized spacial score (nSPS) is 15.9. The molecule has 3 rings (SSSR count). The molecule has 3 N–H and O–H groups in total. The number of hydrogen-bond acceptors (Lipinski definition) is 4. The van der Waals surface area contributed by atoms with Gasteiger partial charge >= 0.3 is 0 Å². The molecule has 0 bridgehead atoms. The van der Waals surface area contributed by atoms with Crippen molar-refractivity contribution in [3.63, 3.8) is 0 Å². The van der Waals surface area contributed by atoms with Gasteiger partial charge in [-0.25, -0.2) is 4.39 Å². The second-order valence-corrected chi connectivity index (χ2v) is 5.90. The monoisotopic (exact) mass is 300 g/mol. The maximum absolute atomic E-state index is 13.9. The molecule has 1 aliphatic carbocycles. The first kappa shape index (κ1) is 14.4. The minimum absolute atomic E-state index is 0.0767. The molecular weight excluding hydrogens is 283 g/mol. The van der Waals surface area contributed by atoms with Crippen LogP contribution in [0.2, 0.25) is 0 Å². The first-order chi connectivity index (χ1) is 10.5. The van der Waals surface area contributed by atoms with Gasteiger partial charge in [-0.2, -0.15) is 0 Å². The molecule has 1 aromatic carbocycles. The van der Waals surface area contributed by atoms with Crippen LogP contribution in [0.25, 0.3) is 11.3 Å². The molecule has 1 saturated carbocycles. The summed E-state index contributed by atoms with van der Waals surface area (Å²) in [4.78, 5) is 11.2. The number of halogens is 1. The highest BCUT2D eigenvalue weighted by Gasteiger charge is 2.31. The first-order valence-electron chi connectivity index (χ1n) is 7.18. The Morgan fingerprint density at radius 3 is 2.59 bits per heavy atom. The number of nitrogens with one attached hydrogen (secondary N) is 1. The lowest BCUT2D eigenvalue weighted by Crippen LogP contribution is -2.41. The minimum Gasteiger partial charge on any atom is -0.366 e. The van der Waals surface area contributed by atoms with Crippen LogP contribution in [0.4, 0.5) is 10.2 Å². The Morgan fingerprint density at radius 2 is 2.05 bits per heavy atom. The van der Waals surface area contributed by atoms with Crippen LogP contribution >= 0.6 is 0 Å². The third kappa shape index (κ3) is 2.77. The number of benzene rings is 1. The highest BCUT2D eigenvalue weighted by Crippen LogP contribution is 2.34. The van der Waals surface area contributed by atoms with Gasteiger partial charge < -0.3 is 11.1 Å². The Bertz CT molecular complexity index is 711. The van der Waals surface area contributed by atoms with Crippen molar-refractivity contribution in [2.45, 2.75) is 31.7 Å². The third-order valence-corrected chi connectivity index (χ3v) is 4.08. The molecule has 1 aliphatic rings. The number of carbonyl (C=O) groups is 1. The summed E-state index contributed by atoms with van der Waals surface area (Å²) in [6.07, 6.45) is 3.41. The zero-order chi connectivity index (χ0) is 15.7. The lowest BCUT2D eigenvalue weighted by Gasteiger charge is -2.39. The number of amides is 1. The summed E-state index contributed by atoms with van der Waals surface area (Å²) in [5.74, 6) is -0.409. The zero-order valence-corrected chi connectivity index (χ0v) is 12.3. The van der Waals surface area contributed by atoms with Crippen LogP contribution in [0.1, 0.15) is 36.5 Å². The van der Waals surface area contributed by atoms with Gasteiger partial charge in [-0.1, -0.05) is 0 Å². The number of primary amides is 1. The summed E-state index contributed by atoms with van der Waals surface area (Å²) >= 11 is 0. The summed E-state index contributed by atoms with van der Waals surface area (Å²) in [6.45, 7) is 2.14. The van der Waals surface area contributed by atoms with Crippen LogP contribution in [0.3, 0.4) is 0 Å². The molecule has 1 aromatic heterocycles. The fourth-order valence-electron chi connectivity index (χ4n) is 2.56. The highest BCUT2D eigenvalue weighted by atomic mass is 19.1. The van der Waals surface area contributed by atoms with E-state index in [2.05, 4.69) is 22.4 Å². The van der Waals surface area contributed by atoms with Crippen LogP contribution in [-0.4, -0.2) is 21.6 Å². The molecule has 0 unspecified atom stereocenters. The van der Waals surface area contributed by atoms with E-state index in [9.17, 15) is 9.18 Å². The number of nitrogens with two attached hydrogens (primary N) is 1. The van der Waals surface area contributed by atoms with Crippen LogP contribution in [-0.2, 0) is 0 Å². The van der Waals surface area contributed by atoms with Gasteiger partial charge in [0.2, 0.25) is 5.91 Å². The molecule has 5 nitrogen and oxygen atoms in total. The fourth-order valence-corrected chi connectivity index (χ4v) is 2.56. The number of anilines is 1. The van der Waals surface area contributed by atoms with Crippen LogP contribution < -0.4 is 11.1 Å². The third-order valence-electron chi connectivity index (χ3n) is 4.08. The average molecular weight is 300 g/mol. The molecule has 0 aliphatic heterocycles. The van der Waals surface area contributed by atoms with E-state index in [0.29, 0.717) is 11.5 Å². The van der Waals surface area contributed by atoms with Gasteiger partial charge in [0.25, 0.3) is 0 Å². The maximum Gasteiger partial charge on any atom is 0.248 e. The van der Waals surface area contributed by atoms with Crippen molar-refractivity contribution in [2.24, 2.45) is 5.73 Å². The van der Waals surface area contributed by atoms with Gasteiger partial charge in [-0.15, -0.1) is 10.2 Å². The number of aromatic nitrogens is 2. The Balaban J connectivity index is 1.86. The maximum atomic E-state index is 13.9. The van der Waals surface area contributed by atoms with Gasteiger partial charge in [-0.05, 0) is 56.5 Å². The van der Waals surface area contributed by atoms with Crippen molar-refractivity contribution in [3.05, 3.63) is 41.7 Å². The molecule has 114 valence electrons. The number of rotatable bonds is 4. The molecule has 0 saturated heterocycles. The number of carbonyl (C=O) groups excluding carboxylic acids is 1. The van der Waals surface area contributed by atoms with Gasteiger partial charge in [0.15, 0.2) is 0 Å². The summed E-state index contributed by atoms with van der Waals surface area (Å²) in [7, 11) is 0. The van der Waals surface area contributed by atoms with Crippen LogP contribution in [0.15, 0.2) is 30.3 Å². The van der Waals surface area contributed by atoms with Crippen molar-refractivity contribution in [2.75, 3.05) is 5.32 Å². The Morgan fingerprint density at radius 1 is 1.27 bits per heavy atom. The standard InChI is InChI=1S/C16H17FN4O/c1-16(7-2-8-16)19-14-6-5-13(20-21-14)11-9-10(15(18)22)3-4-12(11)17/h3-6,9H,2,7-8H2,1H3,(H2,18,22)(H,19,21). The van der Waals surface area contributed by atoms with E-state index in [1.54, 1.807) is 12.1 Å². The van der Waals surface area contributed by atoms with E-state index in [-0.39, 0.29) is 16.7 Å². The molecular formula is C16H17FN4O. The van der Waals surface area contributed by atoms with E-state index >= 15 is 0 Å². The molecule has 1 heterocycles. The summed E-state index contributed by atoms with van der Waals surface area (Å²) in [6, 6.07) is 7.39. The van der Waals surface area contributed by atoms with Crippen molar-refractivity contribution < 1.29 is 9.18 Å². The molecule has 1 fully saturated rings. The summed E-state index contributed by atoms with van der Waals surface area (Å²) < 4.78 is 13.9. The SMILES string of the molecule is CC1(Nc2ccc(-c3cc(C(N)=O)ccc3F)nn2)CCC1. The topological polar surface area (TPSA) is 80.9 Å². The van der Waals surface area contributed by atoms with Gasteiger partial charge in [-0.3, -0.25) is 4.79 Å². The van der Waals surface area contributed by atoms with Crippen molar-refractivity contribution in [1.29, 1.82) is 0 Å². The molecule has 22 heavy (non-hydrogen) atoms. The largest absolute Gasteiger partial charge is 0.366 e. The predicted molar refractivity (Wildman–Crippen MR) is 81.8 cm³/mol. The molecule has 0 atom stereocenters. The van der Waals surface area contributed by atoms with Gasteiger partial charge in [0, 0.05) is 16.7 Å². The lowest BCUT2D eigenvalue weighted by atomic mass is 9.78. The average Bonchev–Trinajstić information content (AvgIpc) is 2.47. The molecule has 2 aromatic rings. The second kappa shape index (κ2) is 5.36. The van der Waals surface area contributed by atoms with Crippen LogP contribution in [0, 0.1) is 5.82 Å². The van der Waals surface area contributed by atoms with E-state index in [1.165, 1.54) is 24.6 Å². The highest BCUT2D eigenvalue weighted by molar-refractivity contribution is 5.94. The Hall–Kier alpha value is -2.50. The minimum atomic E-state index is -0.606. The van der Waals surface area contributed by atoms with Gasteiger partial charge in [0.1, 0.15) is 11.6 Å². The molecule has 6 heteroatoms. The van der Waals surface area contributed by atoms with Crippen molar-refractivity contribution >= 4 is 11.7 Å². The Kier molecular flexibility index (Phi) is 3.52. The quantitative estimate of drug-likeness (QED) is 0.909. The fraction of sp³-hybridized carbons (Fsp3) is 0.312. The predicted octanol–water partition coefficient (Wildman–Crippen LogP) is 2.74. The molecule has 0 radical (unpaired) electrons. The smallest absolute Gasteiger partial charge is 0.248 e. The van der Waals surface area contributed by atoms with E-state index in [0.717, 1.165) is 12.8 Å². The van der Waals surface area contributed by atoms with E-state index in [4.69, 9.17) is 5.73 Å². The van der Waals surface area contributed by atoms with E-state index in [1.807, 2.05) is 0 Å².